The lowest BCUT2D eigenvalue weighted by Gasteiger charge is -2.06. The van der Waals surface area contributed by atoms with Crippen LogP contribution in [-0.4, -0.2) is 28.0 Å². The fourth-order valence-corrected chi connectivity index (χ4v) is 1.56. The van der Waals surface area contributed by atoms with Crippen molar-refractivity contribution in [2.75, 3.05) is 18.2 Å². The summed E-state index contributed by atoms with van der Waals surface area (Å²) in [6.07, 6.45) is 0. The fourth-order valence-electron chi connectivity index (χ4n) is 1.39. The summed E-state index contributed by atoms with van der Waals surface area (Å²) >= 11 is 5.66. The minimum Gasteiger partial charge on any atom is -0.465 e. The summed E-state index contributed by atoms with van der Waals surface area (Å²) in [5, 5.41) is 2.86. The molecule has 1 heterocycles. The molecule has 0 aliphatic carbocycles. The van der Waals surface area contributed by atoms with Gasteiger partial charge in [-0.3, -0.25) is 0 Å². The number of carbonyl (C=O) groups excluding carboxylic acids is 1. The van der Waals surface area contributed by atoms with Crippen LogP contribution in [0.1, 0.15) is 10.4 Å². The number of nitrogens with zero attached hydrogens (tertiary/aromatic N) is 3. The third-order valence-electron chi connectivity index (χ3n) is 2.17. The molecular formula is C11H10ClN5O2. The molecule has 2 aromatic rings. The molecule has 0 radical (unpaired) electrons. The van der Waals surface area contributed by atoms with Crippen LogP contribution in [0.15, 0.2) is 24.3 Å². The van der Waals surface area contributed by atoms with Gasteiger partial charge < -0.3 is 15.8 Å². The lowest BCUT2D eigenvalue weighted by Crippen LogP contribution is -2.05. The van der Waals surface area contributed by atoms with E-state index in [1.165, 1.54) is 7.11 Å². The summed E-state index contributed by atoms with van der Waals surface area (Å²) in [5.74, 6) is -0.233. The number of esters is 1. The first-order chi connectivity index (χ1) is 9.08. The highest BCUT2D eigenvalue weighted by atomic mass is 35.5. The number of benzene rings is 1. The van der Waals surface area contributed by atoms with E-state index in [1.807, 2.05) is 0 Å². The average molecular weight is 280 g/mol. The molecule has 3 N–H and O–H groups in total. The Hall–Kier alpha value is -2.41. The molecule has 2 rings (SSSR count). The van der Waals surface area contributed by atoms with E-state index in [0.717, 1.165) is 0 Å². The predicted molar refractivity (Wildman–Crippen MR) is 70.3 cm³/mol. The highest BCUT2D eigenvalue weighted by Crippen LogP contribution is 2.16. The highest BCUT2D eigenvalue weighted by Gasteiger charge is 2.07. The Morgan fingerprint density at radius 1 is 1.37 bits per heavy atom. The Morgan fingerprint density at radius 3 is 2.84 bits per heavy atom. The molecule has 8 heteroatoms. The summed E-state index contributed by atoms with van der Waals surface area (Å²) in [6.45, 7) is 0. The minimum atomic E-state index is -0.433. The third-order valence-corrected chi connectivity index (χ3v) is 2.33. The molecule has 0 unspecified atom stereocenters. The Bertz CT molecular complexity index is 600. The summed E-state index contributed by atoms with van der Waals surface area (Å²) in [6, 6.07) is 6.66. The molecule has 0 aliphatic rings. The molecule has 1 aromatic carbocycles. The van der Waals surface area contributed by atoms with E-state index in [1.54, 1.807) is 24.3 Å². The molecule has 0 amide bonds. The number of hydrogen-bond acceptors (Lipinski definition) is 7. The van der Waals surface area contributed by atoms with Gasteiger partial charge in [-0.1, -0.05) is 6.07 Å². The van der Waals surface area contributed by atoms with Gasteiger partial charge in [-0.25, -0.2) is 4.79 Å². The maximum Gasteiger partial charge on any atom is 0.337 e. The van der Waals surface area contributed by atoms with E-state index in [0.29, 0.717) is 11.3 Å². The van der Waals surface area contributed by atoms with Crippen molar-refractivity contribution in [3.8, 4) is 0 Å². The summed E-state index contributed by atoms with van der Waals surface area (Å²) in [7, 11) is 1.31. The summed E-state index contributed by atoms with van der Waals surface area (Å²) in [5.41, 5.74) is 6.46. The van der Waals surface area contributed by atoms with E-state index in [4.69, 9.17) is 17.3 Å². The van der Waals surface area contributed by atoms with Crippen LogP contribution in [0, 0.1) is 0 Å². The van der Waals surface area contributed by atoms with Crippen molar-refractivity contribution in [2.24, 2.45) is 0 Å². The normalized spacial score (nSPS) is 10.0. The van der Waals surface area contributed by atoms with Crippen molar-refractivity contribution in [2.45, 2.75) is 0 Å². The van der Waals surface area contributed by atoms with Crippen molar-refractivity contribution in [1.29, 1.82) is 0 Å². The van der Waals surface area contributed by atoms with Crippen molar-refractivity contribution in [3.63, 3.8) is 0 Å². The van der Waals surface area contributed by atoms with Crippen LogP contribution in [0.5, 0.6) is 0 Å². The second kappa shape index (κ2) is 5.49. The van der Waals surface area contributed by atoms with Crippen LogP contribution in [0.4, 0.5) is 17.6 Å². The van der Waals surface area contributed by atoms with Crippen molar-refractivity contribution < 1.29 is 9.53 Å². The predicted octanol–water partition coefficient (Wildman–Crippen LogP) is 1.64. The van der Waals surface area contributed by atoms with Crippen LogP contribution >= 0.6 is 11.6 Å². The molecule has 0 spiro atoms. The Balaban J connectivity index is 2.25. The SMILES string of the molecule is COC(=O)c1cccc(Nc2nc(N)nc(Cl)n2)c1. The quantitative estimate of drug-likeness (QED) is 0.823. The zero-order chi connectivity index (χ0) is 13.8. The summed E-state index contributed by atoms with van der Waals surface area (Å²) < 4.78 is 4.63. The standard InChI is InChI=1S/C11H10ClN5O2/c1-19-8(18)6-3-2-4-7(5-6)14-11-16-9(12)15-10(13)17-11/h2-5H,1H3,(H3,13,14,15,16,17). The van der Waals surface area contributed by atoms with Crippen LogP contribution in [0.3, 0.4) is 0 Å². The smallest absolute Gasteiger partial charge is 0.337 e. The first-order valence-corrected chi connectivity index (χ1v) is 5.59. The maximum atomic E-state index is 11.4. The minimum absolute atomic E-state index is 0.00613. The molecule has 19 heavy (non-hydrogen) atoms. The maximum absolute atomic E-state index is 11.4. The topological polar surface area (TPSA) is 103 Å². The fraction of sp³-hybridized carbons (Fsp3) is 0.0909. The number of nitrogens with two attached hydrogens (primary N) is 1. The zero-order valence-corrected chi connectivity index (χ0v) is 10.7. The molecule has 0 saturated heterocycles. The number of nitrogens with one attached hydrogen (secondary N) is 1. The van der Waals surface area contributed by atoms with Crippen LogP contribution in [-0.2, 0) is 4.74 Å². The molecule has 7 nitrogen and oxygen atoms in total. The van der Waals surface area contributed by atoms with Gasteiger partial charge in [0.05, 0.1) is 12.7 Å². The van der Waals surface area contributed by atoms with Gasteiger partial charge in [0.15, 0.2) is 0 Å². The van der Waals surface area contributed by atoms with Crippen molar-refractivity contribution >= 4 is 35.2 Å². The number of rotatable bonds is 3. The monoisotopic (exact) mass is 279 g/mol. The molecular weight excluding hydrogens is 270 g/mol. The van der Waals surface area contributed by atoms with E-state index in [-0.39, 0.29) is 17.2 Å². The molecule has 98 valence electrons. The first-order valence-electron chi connectivity index (χ1n) is 5.21. The second-order valence-corrected chi connectivity index (χ2v) is 3.82. The molecule has 0 saturated carbocycles. The molecule has 0 fully saturated rings. The Kier molecular flexibility index (Phi) is 3.76. The lowest BCUT2D eigenvalue weighted by atomic mass is 10.2. The Morgan fingerprint density at radius 2 is 2.16 bits per heavy atom. The van der Waals surface area contributed by atoms with Crippen LogP contribution in [0.25, 0.3) is 0 Å². The molecule has 0 aliphatic heterocycles. The number of nitrogen functional groups attached to an aromatic ring is 1. The summed E-state index contributed by atoms with van der Waals surface area (Å²) in [4.78, 5) is 22.8. The van der Waals surface area contributed by atoms with Crippen LogP contribution in [0.2, 0.25) is 5.28 Å². The van der Waals surface area contributed by atoms with E-state index in [2.05, 4.69) is 25.0 Å². The molecule has 0 atom stereocenters. The number of methoxy groups -OCH3 is 1. The van der Waals surface area contributed by atoms with Gasteiger partial charge in [0, 0.05) is 5.69 Å². The van der Waals surface area contributed by atoms with E-state index in [9.17, 15) is 4.79 Å². The van der Waals surface area contributed by atoms with Gasteiger partial charge in [0.1, 0.15) is 0 Å². The molecule has 1 aromatic heterocycles. The van der Waals surface area contributed by atoms with Crippen molar-refractivity contribution in [1.82, 2.24) is 15.0 Å². The average Bonchev–Trinajstić information content (AvgIpc) is 2.37. The van der Waals surface area contributed by atoms with Gasteiger partial charge in [-0.05, 0) is 29.8 Å². The number of anilines is 3. The number of halogens is 1. The van der Waals surface area contributed by atoms with E-state index >= 15 is 0 Å². The van der Waals surface area contributed by atoms with Gasteiger partial charge in [-0.15, -0.1) is 0 Å². The number of aromatic nitrogens is 3. The third kappa shape index (κ3) is 3.29. The number of ether oxygens (including phenoxy) is 1. The van der Waals surface area contributed by atoms with Gasteiger partial charge >= 0.3 is 5.97 Å². The largest absolute Gasteiger partial charge is 0.465 e. The van der Waals surface area contributed by atoms with Gasteiger partial charge in [-0.2, -0.15) is 15.0 Å². The highest BCUT2D eigenvalue weighted by molar-refractivity contribution is 6.28. The van der Waals surface area contributed by atoms with Crippen LogP contribution < -0.4 is 11.1 Å². The lowest BCUT2D eigenvalue weighted by molar-refractivity contribution is 0.0601. The number of hydrogen-bond donors (Lipinski definition) is 2. The van der Waals surface area contributed by atoms with Gasteiger partial charge in [0.2, 0.25) is 17.2 Å². The van der Waals surface area contributed by atoms with Gasteiger partial charge in [0.25, 0.3) is 0 Å². The Labute approximate surface area is 113 Å². The van der Waals surface area contributed by atoms with Crippen molar-refractivity contribution in [3.05, 3.63) is 35.1 Å². The second-order valence-electron chi connectivity index (χ2n) is 3.48. The number of carbonyl (C=O) groups is 1. The molecule has 0 bridgehead atoms. The zero-order valence-electron chi connectivity index (χ0n) is 9.92. The first kappa shape index (κ1) is 13.0. The van der Waals surface area contributed by atoms with E-state index < -0.39 is 5.97 Å².